The first-order valence-electron chi connectivity index (χ1n) is 9.93. The first kappa shape index (κ1) is 22.6. The number of nitrogens with one attached hydrogen (secondary N) is 1. The topological polar surface area (TPSA) is 114 Å². The molecule has 1 atom stereocenters. The van der Waals surface area contributed by atoms with Gasteiger partial charge in [-0.1, -0.05) is 0 Å². The number of sulfonamides is 2. The molecule has 3 heterocycles. The maximum atomic E-state index is 12.5. The second kappa shape index (κ2) is 9.40. The lowest BCUT2D eigenvalue weighted by molar-refractivity contribution is 0.00725. The van der Waals surface area contributed by atoms with E-state index in [1.165, 1.54) is 23.1 Å². The van der Waals surface area contributed by atoms with Crippen molar-refractivity contribution in [3.63, 3.8) is 0 Å². The third kappa shape index (κ3) is 5.98. The fraction of sp³-hybridized carbons (Fsp3) is 0.824. The first-order chi connectivity index (χ1) is 13.7. The van der Waals surface area contributed by atoms with Gasteiger partial charge in [0.25, 0.3) is 10.0 Å². The standard InChI is InChI=1S/C17H31N5O5S2/c1-20-13-17(18-14-20)29(25,26)19-7-9-22(15-5-10-27-11-6-15)16-4-3-8-21(12-16)28(2,23)24/h13-16,19H,3-12H2,1-2H3. The molecule has 0 aromatic carbocycles. The summed E-state index contributed by atoms with van der Waals surface area (Å²) in [5.41, 5.74) is 0. The quantitative estimate of drug-likeness (QED) is 0.575. The number of hydrogen-bond donors (Lipinski definition) is 1. The van der Waals surface area contributed by atoms with Crippen LogP contribution >= 0.6 is 0 Å². The third-order valence-electron chi connectivity index (χ3n) is 5.58. The van der Waals surface area contributed by atoms with E-state index < -0.39 is 20.0 Å². The molecule has 166 valence electrons. The number of hydrogen-bond acceptors (Lipinski definition) is 7. The summed E-state index contributed by atoms with van der Waals surface area (Å²) >= 11 is 0. The Balaban J connectivity index is 1.67. The monoisotopic (exact) mass is 449 g/mol. The highest BCUT2D eigenvalue weighted by atomic mass is 32.2. The zero-order chi connectivity index (χ0) is 21.1. The van der Waals surface area contributed by atoms with Gasteiger partial charge in [0.15, 0.2) is 5.03 Å². The van der Waals surface area contributed by atoms with Gasteiger partial charge in [-0.15, -0.1) is 0 Å². The van der Waals surface area contributed by atoms with Gasteiger partial charge in [-0.05, 0) is 25.7 Å². The lowest BCUT2D eigenvalue weighted by Gasteiger charge is -2.43. The van der Waals surface area contributed by atoms with Crippen molar-refractivity contribution in [3.05, 3.63) is 12.5 Å². The average Bonchev–Trinajstić information content (AvgIpc) is 3.13. The molecule has 0 spiro atoms. The van der Waals surface area contributed by atoms with E-state index in [9.17, 15) is 16.8 Å². The summed E-state index contributed by atoms with van der Waals surface area (Å²) in [5.74, 6) is 0. The highest BCUT2D eigenvalue weighted by Gasteiger charge is 2.33. The van der Waals surface area contributed by atoms with Crippen LogP contribution in [0.1, 0.15) is 25.7 Å². The van der Waals surface area contributed by atoms with Gasteiger partial charge in [0.1, 0.15) is 0 Å². The van der Waals surface area contributed by atoms with E-state index in [1.807, 2.05) is 0 Å². The molecule has 0 saturated carbocycles. The van der Waals surface area contributed by atoms with Gasteiger partial charge < -0.3 is 9.30 Å². The minimum atomic E-state index is -3.67. The molecular formula is C17H31N5O5S2. The van der Waals surface area contributed by atoms with Crippen molar-refractivity contribution in [2.24, 2.45) is 7.05 Å². The lowest BCUT2D eigenvalue weighted by atomic mass is 9.99. The number of imidazole rings is 1. The zero-order valence-corrected chi connectivity index (χ0v) is 18.7. The van der Waals surface area contributed by atoms with Gasteiger partial charge in [-0.25, -0.2) is 30.8 Å². The van der Waals surface area contributed by atoms with E-state index in [4.69, 9.17) is 4.74 Å². The molecule has 29 heavy (non-hydrogen) atoms. The van der Waals surface area contributed by atoms with Gasteiger partial charge >= 0.3 is 0 Å². The van der Waals surface area contributed by atoms with Crippen LogP contribution in [-0.4, -0.2) is 93.3 Å². The molecule has 1 N–H and O–H groups in total. The molecule has 0 bridgehead atoms. The summed E-state index contributed by atoms with van der Waals surface area (Å²) in [6.45, 7) is 3.09. The molecule has 2 aliphatic heterocycles. The largest absolute Gasteiger partial charge is 0.381 e. The van der Waals surface area contributed by atoms with Gasteiger partial charge in [-0.3, -0.25) is 4.90 Å². The molecule has 0 amide bonds. The minimum absolute atomic E-state index is 0.00136. The maximum Gasteiger partial charge on any atom is 0.259 e. The first-order valence-corrected chi connectivity index (χ1v) is 13.3. The van der Waals surface area contributed by atoms with E-state index in [0.29, 0.717) is 32.8 Å². The van der Waals surface area contributed by atoms with E-state index >= 15 is 0 Å². The van der Waals surface area contributed by atoms with Crippen molar-refractivity contribution >= 4 is 20.0 Å². The molecule has 10 nitrogen and oxygen atoms in total. The lowest BCUT2D eigenvalue weighted by Crippen LogP contribution is -2.55. The van der Waals surface area contributed by atoms with Crippen molar-refractivity contribution in [2.45, 2.75) is 42.8 Å². The fourth-order valence-electron chi connectivity index (χ4n) is 4.08. The van der Waals surface area contributed by atoms with E-state index in [-0.39, 0.29) is 23.7 Å². The van der Waals surface area contributed by atoms with E-state index in [1.54, 1.807) is 11.6 Å². The number of piperidine rings is 1. The number of ether oxygens (including phenoxy) is 1. The van der Waals surface area contributed by atoms with Crippen LogP contribution in [0.2, 0.25) is 0 Å². The van der Waals surface area contributed by atoms with Crippen molar-refractivity contribution in [2.75, 3.05) is 45.6 Å². The normalized spacial score (nSPS) is 22.9. The summed E-state index contributed by atoms with van der Waals surface area (Å²) in [6.07, 6.45) is 7.59. The number of rotatable bonds is 8. The van der Waals surface area contributed by atoms with Crippen LogP contribution in [0.4, 0.5) is 0 Å². The molecule has 2 aliphatic rings. The maximum absolute atomic E-state index is 12.5. The summed E-state index contributed by atoms with van der Waals surface area (Å²) in [7, 11) is -5.19. The average molecular weight is 450 g/mol. The third-order valence-corrected chi connectivity index (χ3v) is 8.19. The molecule has 0 radical (unpaired) electrons. The second-order valence-corrected chi connectivity index (χ2v) is 11.5. The minimum Gasteiger partial charge on any atom is -0.381 e. The Morgan fingerprint density at radius 2 is 1.93 bits per heavy atom. The summed E-state index contributed by atoms with van der Waals surface area (Å²) in [6, 6.07) is 0.327. The summed E-state index contributed by atoms with van der Waals surface area (Å²) < 4.78 is 60.2. The van der Waals surface area contributed by atoms with Crippen LogP contribution in [0.5, 0.6) is 0 Å². The Labute approximate surface area is 173 Å². The van der Waals surface area contributed by atoms with Gasteiger partial charge in [0.05, 0.1) is 12.6 Å². The highest BCUT2D eigenvalue weighted by molar-refractivity contribution is 7.89. The van der Waals surface area contributed by atoms with Crippen molar-refractivity contribution in [1.82, 2.24) is 23.5 Å². The van der Waals surface area contributed by atoms with Crippen LogP contribution in [0.25, 0.3) is 0 Å². The molecule has 3 rings (SSSR count). The Morgan fingerprint density at radius 3 is 2.55 bits per heavy atom. The molecule has 2 saturated heterocycles. The predicted octanol–water partition coefficient (Wildman–Crippen LogP) is -0.397. The zero-order valence-electron chi connectivity index (χ0n) is 17.0. The molecule has 1 aromatic rings. The van der Waals surface area contributed by atoms with Crippen molar-refractivity contribution < 1.29 is 21.6 Å². The number of aromatic nitrogens is 2. The van der Waals surface area contributed by atoms with Gasteiger partial charge in [0.2, 0.25) is 10.0 Å². The Hall–Kier alpha value is -1.05. The highest BCUT2D eigenvalue weighted by Crippen LogP contribution is 2.24. The summed E-state index contributed by atoms with van der Waals surface area (Å²) in [5, 5.41) is -0.00136. The van der Waals surface area contributed by atoms with Gasteiger partial charge in [0, 0.05) is 64.7 Å². The number of aryl methyl sites for hydroxylation is 1. The van der Waals surface area contributed by atoms with Crippen LogP contribution in [0, 0.1) is 0 Å². The second-order valence-electron chi connectivity index (χ2n) is 7.77. The van der Waals surface area contributed by atoms with Crippen LogP contribution in [-0.2, 0) is 31.8 Å². The van der Waals surface area contributed by atoms with Crippen molar-refractivity contribution in [1.29, 1.82) is 0 Å². The predicted molar refractivity (Wildman–Crippen MR) is 108 cm³/mol. The molecule has 1 unspecified atom stereocenters. The van der Waals surface area contributed by atoms with Crippen LogP contribution < -0.4 is 4.72 Å². The SMILES string of the molecule is Cn1cnc(S(=O)(=O)NCCN(C2CCOCC2)C2CCCN(S(C)(=O)=O)C2)c1. The van der Waals surface area contributed by atoms with Crippen molar-refractivity contribution in [3.8, 4) is 0 Å². The van der Waals surface area contributed by atoms with E-state index in [2.05, 4.69) is 14.6 Å². The molecular weight excluding hydrogens is 418 g/mol. The smallest absolute Gasteiger partial charge is 0.259 e. The molecule has 12 heteroatoms. The van der Waals surface area contributed by atoms with Crippen LogP contribution in [0.3, 0.4) is 0 Å². The van der Waals surface area contributed by atoms with E-state index in [0.717, 1.165) is 25.7 Å². The van der Waals surface area contributed by atoms with Gasteiger partial charge in [-0.2, -0.15) is 0 Å². The number of nitrogens with zero attached hydrogens (tertiary/aromatic N) is 4. The Bertz CT molecular complexity index is 880. The Kier molecular flexibility index (Phi) is 7.33. The Morgan fingerprint density at radius 1 is 1.21 bits per heavy atom. The molecule has 0 aliphatic carbocycles. The molecule has 1 aromatic heterocycles. The summed E-state index contributed by atoms with van der Waals surface area (Å²) in [4.78, 5) is 6.19. The van der Waals surface area contributed by atoms with Crippen LogP contribution in [0.15, 0.2) is 17.6 Å². The fourth-order valence-corrected chi connectivity index (χ4v) is 5.99. The molecule has 2 fully saturated rings.